The van der Waals surface area contributed by atoms with Crippen molar-refractivity contribution in [2.45, 2.75) is 59.4 Å². The molecule has 13 heavy (non-hydrogen) atoms. The Labute approximate surface area is 83.3 Å². The van der Waals surface area contributed by atoms with E-state index in [1.807, 2.05) is 0 Å². The minimum Gasteiger partial charge on any atom is -0.316 e. The summed E-state index contributed by atoms with van der Waals surface area (Å²) in [6.45, 7) is 9.62. The minimum absolute atomic E-state index is 0.453. The quantitative estimate of drug-likeness (QED) is 0.616. The summed E-state index contributed by atoms with van der Waals surface area (Å²) < 4.78 is 0. The van der Waals surface area contributed by atoms with Crippen molar-refractivity contribution in [1.82, 2.24) is 5.32 Å². The van der Waals surface area contributed by atoms with Gasteiger partial charge < -0.3 is 5.32 Å². The van der Waals surface area contributed by atoms with Crippen molar-refractivity contribution in [2.75, 3.05) is 7.05 Å². The molecule has 1 N–H and O–H groups in total. The molecule has 0 aliphatic heterocycles. The molecule has 0 unspecified atom stereocenters. The van der Waals surface area contributed by atoms with Gasteiger partial charge in [0.05, 0.1) is 0 Å². The number of nitrogens with one attached hydrogen (secondary N) is 1. The van der Waals surface area contributed by atoms with E-state index in [2.05, 4.69) is 40.1 Å². The lowest BCUT2D eigenvalue weighted by Gasteiger charge is -2.42. The van der Waals surface area contributed by atoms with Crippen LogP contribution in [0.3, 0.4) is 0 Å². The van der Waals surface area contributed by atoms with E-state index in [0.717, 1.165) is 0 Å². The number of hydrogen-bond acceptors (Lipinski definition) is 1. The van der Waals surface area contributed by atoms with Gasteiger partial charge >= 0.3 is 0 Å². The lowest BCUT2D eigenvalue weighted by atomic mass is 9.69. The fourth-order valence-corrected chi connectivity index (χ4v) is 3.29. The van der Waals surface area contributed by atoms with E-state index in [9.17, 15) is 0 Å². The molecule has 0 aromatic heterocycles. The van der Waals surface area contributed by atoms with E-state index in [4.69, 9.17) is 0 Å². The van der Waals surface area contributed by atoms with E-state index in [1.165, 1.54) is 25.7 Å². The van der Waals surface area contributed by atoms with Crippen molar-refractivity contribution in [2.24, 2.45) is 10.8 Å². The van der Waals surface area contributed by atoms with Gasteiger partial charge in [-0.1, -0.05) is 40.5 Å². The third kappa shape index (κ3) is 2.25. The van der Waals surface area contributed by atoms with Gasteiger partial charge in [-0.15, -0.1) is 0 Å². The first-order valence-electron chi connectivity index (χ1n) is 5.57. The van der Waals surface area contributed by atoms with Crippen LogP contribution in [-0.4, -0.2) is 13.1 Å². The second kappa shape index (κ2) is 3.61. The van der Waals surface area contributed by atoms with Crippen LogP contribution in [0.4, 0.5) is 0 Å². The van der Waals surface area contributed by atoms with Gasteiger partial charge in [-0.05, 0) is 30.7 Å². The van der Waals surface area contributed by atoms with Crippen LogP contribution in [0.5, 0.6) is 0 Å². The summed E-state index contributed by atoms with van der Waals surface area (Å²) in [5, 5.41) is 3.52. The van der Waals surface area contributed by atoms with Crippen molar-refractivity contribution >= 4 is 0 Å². The average molecular weight is 183 g/mol. The zero-order chi connectivity index (χ0) is 10.1. The molecule has 1 rings (SSSR count). The maximum atomic E-state index is 3.52. The first kappa shape index (κ1) is 11.0. The lowest BCUT2D eigenvalue weighted by molar-refractivity contribution is 0.122. The molecule has 0 radical (unpaired) electrons. The SMILES string of the molecule is CNC1C(C)(C)CCCCC1(C)C. The molecule has 0 atom stereocenters. The van der Waals surface area contributed by atoms with E-state index < -0.39 is 0 Å². The third-order valence-corrected chi connectivity index (χ3v) is 3.74. The summed E-state index contributed by atoms with van der Waals surface area (Å²) in [6.07, 6.45) is 5.52. The van der Waals surface area contributed by atoms with Crippen LogP contribution in [0.25, 0.3) is 0 Å². The molecule has 0 aromatic carbocycles. The summed E-state index contributed by atoms with van der Waals surface area (Å²) in [4.78, 5) is 0. The molecule has 1 heteroatoms. The predicted octanol–water partition coefficient (Wildman–Crippen LogP) is 3.20. The molecule has 1 aliphatic carbocycles. The topological polar surface area (TPSA) is 12.0 Å². The Morgan fingerprint density at radius 2 is 1.31 bits per heavy atom. The van der Waals surface area contributed by atoms with Crippen LogP contribution in [0.2, 0.25) is 0 Å². The number of hydrogen-bond donors (Lipinski definition) is 1. The molecule has 1 fully saturated rings. The summed E-state index contributed by atoms with van der Waals surface area (Å²) in [6, 6.07) is 0.655. The average Bonchev–Trinajstić information content (AvgIpc) is 2.06. The van der Waals surface area contributed by atoms with E-state index >= 15 is 0 Å². The molecular formula is C12H25N. The molecular weight excluding hydrogens is 158 g/mol. The Hall–Kier alpha value is -0.0400. The highest BCUT2D eigenvalue weighted by Crippen LogP contribution is 2.43. The van der Waals surface area contributed by atoms with Gasteiger partial charge in [0.2, 0.25) is 0 Å². The first-order chi connectivity index (χ1) is 5.90. The van der Waals surface area contributed by atoms with Gasteiger partial charge in [-0.2, -0.15) is 0 Å². The normalized spacial score (nSPS) is 28.4. The second-order valence-electron chi connectivity index (χ2n) is 5.91. The number of rotatable bonds is 1. The van der Waals surface area contributed by atoms with Gasteiger partial charge in [0, 0.05) is 6.04 Å². The lowest BCUT2D eigenvalue weighted by Crippen LogP contribution is -2.49. The van der Waals surface area contributed by atoms with Crippen LogP contribution < -0.4 is 5.32 Å². The Morgan fingerprint density at radius 3 is 1.62 bits per heavy atom. The van der Waals surface area contributed by atoms with Gasteiger partial charge in [-0.25, -0.2) is 0 Å². The second-order valence-corrected chi connectivity index (χ2v) is 5.91. The van der Waals surface area contributed by atoms with Crippen molar-refractivity contribution in [1.29, 1.82) is 0 Å². The molecule has 0 heterocycles. The first-order valence-corrected chi connectivity index (χ1v) is 5.57. The summed E-state index contributed by atoms with van der Waals surface area (Å²) >= 11 is 0. The Bertz CT molecular complexity index is 152. The molecule has 0 spiro atoms. The zero-order valence-electron chi connectivity index (χ0n) is 9.91. The standard InChI is InChI=1S/C12H25N/c1-11(2)8-6-7-9-12(3,4)10(11)13-5/h10,13H,6-9H2,1-5H3. The Balaban J connectivity index is 2.87. The van der Waals surface area contributed by atoms with Crippen LogP contribution in [-0.2, 0) is 0 Å². The van der Waals surface area contributed by atoms with Crippen molar-refractivity contribution in [3.63, 3.8) is 0 Å². The molecule has 0 bridgehead atoms. The van der Waals surface area contributed by atoms with E-state index in [-0.39, 0.29) is 0 Å². The van der Waals surface area contributed by atoms with Gasteiger partial charge in [0.25, 0.3) is 0 Å². The Kier molecular flexibility index (Phi) is 3.06. The third-order valence-electron chi connectivity index (χ3n) is 3.74. The highest BCUT2D eigenvalue weighted by Gasteiger charge is 2.40. The molecule has 78 valence electrons. The van der Waals surface area contributed by atoms with Crippen LogP contribution in [0, 0.1) is 10.8 Å². The van der Waals surface area contributed by atoms with E-state index in [1.54, 1.807) is 0 Å². The smallest absolute Gasteiger partial charge is 0.0166 e. The van der Waals surface area contributed by atoms with Crippen molar-refractivity contribution in [3.8, 4) is 0 Å². The van der Waals surface area contributed by atoms with Crippen molar-refractivity contribution < 1.29 is 0 Å². The fraction of sp³-hybridized carbons (Fsp3) is 1.00. The summed E-state index contributed by atoms with van der Waals surface area (Å²) in [5.41, 5.74) is 0.906. The minimum atomic E-state index is 0.453. The monoisotopic (exact) mass is 183 g/mol. The summed E-state index contributed by atoms with van der Waals surface area (Å²) in [5.74, 6) is 0. The molecule has 0 aromatic rings. The predicted molar refractivity (Wildman–Crippen MR) is 58.9 cm³/mol. The van der Waals surface area contributed by atoms with Crippen LogP contribution in [0.15, 0.2) is 0 Å². The molecule has 1 nitrogen and oxygen atoms in total. The van der Waals surface area contributed by atoms with E-state index in [0.29, 0.717) is 16.9 Å². The van der Waals surface area contributed by atoms with Crippen molar-refractivity contribution in [3.05, 3.63) is 0 Å². The largest absolute Gasteiger partial charge is 0.316 e. The van der Waals surface area contributed by atoms with Gasteiger partial charge in [0.15, 0.2) is 0 Å². The highest BCUT2D eigenvalue weighted by molar-refractivity contribution is 4.95. The highest BCUT2D eigenvalue weighted by atomic mass is 14.9. The maximum Gasteiger partial charge on any atom is 0.0166 e. The summed E-state index contributed by atoms with van der Waals surface area (Å²) in [7, 11) is 2.11. The van der Waals surface area contributed by atoms with Gasteiger partial charge in [0.1, 0.15) is 0 Å². The van der Waals surface area contributed by atoms with Gasteiger partial charge in [-0.3, -0.25) is 0 Å². The maximum absolute atomic E-state index is 3.52. The van der Waals surface area contributed by atoms with Crippen LogP contribution in [0.1, 0.15) is 53.4 Å². The zero-order valence-corrected chi connectivity index (χ0v) is 9.91. The Morgan fingerprint density at radius 1 is 0.923 bits per heavy atom. The van der Waals surface area contributed by atoms with Crippen LogP contribution >= 0.6 is 0 Å². The fourth-order valence-electron chi connectivity index (χ4n) is 3.29. The molecule has 0 amide bonds. The molecule has 0 saturated heterocycles. The molecule has 1 aliphatic rings. The molecule has 1 saturated carbocycles.